The van der Waals surface area contributed by atoms with Crippen molar-refractivity contribution in [2.24, 2.45) is 5.92 Å². The highest BCUT2D eigenvalue weighted by molar-refractivity contribution is 5.94. The zero-order valence-corrected chi connectivity index (χ0v) is 22.7. The summed E-state index contributed by atoms with van der Waals surface area (Å²) in [6.45, 7) is 11.1. The molecule has 4 unspecified atom stereocenters. The average Bonchev–Trinajstić information content (AvgIpc) is 2.80. The second-order valence-electron chi connectivity index (χ2n) is 10.9. The zero-order chi connectivity index (χ0) is 27.8. The van der Waals surface area contributed by atoms with Gasteiger partial charge in [-0.05, 0) is 60.5 Å². The molecular weight excluding hydrogens is 482 g/mol. The van der Waals surface area contributed by atoms with Gasteiger partial charge >= 0.3 is 18.2 Å². The molecule has 1 aliphatic rings. The minimum absolute atomic E-state index is 0.117. The molecule has 1 saturated heterocycles. The fraction of sp³-hybridized carbons (Fsp3) is 0.630. The van der Waals surface area contributed by atoms with Gasteiger partial charge in [-0.15, -0.1) is 0 Å². The topological polar surface area (TPSA) is 118 Å². The molecule has 1 aromatic rings. The summed E-state index contributed by atoms with van der Waals surface area (Å²) in [6.07, 6.45) is -2.47. The molecule has 2 rings (SSSR count). The molecule has 0 bridgehead atoms. The molecule has 4 atom stereocenters. The van der Waals surface area contributed by atoms with Crippen LogP contribution in [-0.2, 0) is 39.7 Å². The number of nitrogens with zero attached hydrogens (tertiary/aromatic N) is 1. The van der Waals surface area contributed by atoms with Crippen LogP contribution in [0.15, 0.2) is 30.3 Å². The van der Waals surface area contributed by atoms with E-state index >= 15 is 0 Å². The molecule has 0 saturated carbocycles. The van der Waals surface area contributed by atoms with Gasteiger partial charge in [0.05, 0.1) is 13.2 Å². The first-order chi connectivity index (χ1) is 17.2. The van der Waals surface area contributed by atoms with Crippen LogP contribution >= 0.6 is 0 Å². The predicted molar refractivity (Wildman–Crippen MR) is 134 cm³/mol. The SMILES string of the molecule is CC1OC(=O)C(N(C(=O)OC(C)(C)C)C(=O)OC(C)(C)C)COCC(Cc2ccccc2)C1OCC=O. The van der Waals surface area contributed by atoms with E-state index < -0.39 is 47.6 Å². The van der Waals surface area contributed by atoms with E-state index in [-0.39, 0.29) is 25.7 Å². The first kappa shape index (κ1) is 30.2. The number of esters is 1. The van der Waals surface area contributed by atoms with Crippen molar-refractivity contribution in [3.8, 4) is 0 Å². The summed E-state index contributed by atoms with van der Waals surface area (Å²) < 4.78 is 28.2. The van der Waals surface area contributed by atoms with Gasteiger partial charge in [0.1, 0.15) is 36.3 Å². The van der Waals surface area contributed by atoms with Crippen LogP contribution < -0.4 is 0 Å². The Labute approximate surface area is 218 Å². The van der Waals surface area contributed by atoms with E-state index in [1.54, 1.807) is 48.5 Å². The molecule has 0 spiro atoms. The quantitative estimate of drug-likeness (QED) is 0.312. The van der Waals surface area contributed by atoms with E-state index in [4.69, 9.17) is 23.7 Å². The maximum atomic E-state index is 13.3. The smallest absolute Gasteiger partial charge is 0.420 e. The molecule has 0 N–H and O–H groups in total. The Morgan fingerprint density at radius 2 is 1.57 bits per heavy atom. The molecule has 37 heavy (non-hydrogen) atoms. The van der Waals surface area contributed by atoms with E-state index in [2.05, 4.69) is 0 Å². The Morgan fingerprint density at radius 3 is 2.08 bits per heavy atom. The highest BCUT2D eigenvalue weighted by Gasteiger charge is 2.44. The van der Waals surface area contributed by atoms with Crippen LogP contribution in [0.2, 0.25) is 0 Å². The number of imide groups is 1. The van der Waals surface area contributed by atoms with Gasteiger partial charge in [0.25, 0.3) is 0 Å². The molecule has 0 aliphatic carbocycles. The molecule has 1 aliphatic heterocycles. The fourth-order valence-corrected chi connectivity index (χ4v) is 3.85. The third-order valence-electron chi connectivity index (χ3n) is 5.30. The van der Waals surface area contributed by atoms with Crippen LogP contribution in [0.3, 0.4) is 0 Å². The lowest BCUT2D eigenvalue weighted by atomic mass is 9.91. The molecule has 1 heterocycles. The summed E-state index contributed by atoms with van der Waals surface area (Å²) in [4.78, 5) is 51.1. The minimum Gasteiger partial charge on any atom is -0.458 e. The second-order valence-corrected chi connectivity index (χ2v) is 10.9. The standard InChI is InChI=1S/C27H39NO9/c1-18-22(34-14-13-29)20(15-19-11-9-8-10-12-19)16-33-17-21(23(30)35-18)28(24(31)36-26(2,3)4)25(32)37-27(5,6)7/h8-13,18,20-22H,14-17H2,1-7H3. The normalized spacial score (nSPS) is 23.1. The van der Waals surface area contributed by atoms with Crippen LogP contribution in [0, 0.1) is 5.92 Å². The molecule has 0 radical (unpaired) electrons. The van der Waals surface area contributed by atoms with Crippen molar-refractivity contribution in [2.45, 2.75) is 84.3 Å². The predicted octanol–water partition coefficient (Wildman–Crippen LogP) is 3.93. The van der Waals surface area contributed by atoms with Crippen molar-refractivity contribution in [1.82, 2.24) is 4.90 Å². The number of hydrogen-bond donors (Lipinski definition) is 0. The third kappa shape index (κ3) is 9.77. The van der Waals surface area contributed by atoms with E-state index in [1.807, 2.05) is 30.3 Å². The first-order valence-electron chi connectivity index (χ1n) is 12.3. The van der Waals surface area contributed by atoms with Gasteiger partial charge < -0.3 is 28.5 Å². The Bertz CT molecular complexity index is 892. The van der Waals surface area contributed by atoms with Crippen molar-refractivity contribution in [1.29, 1.82) is 0 Å². The van der Waals surface area contributed by atoms with Crippen molar-refractivity contribution in [3.05, 3.63) is 35.9 Å². The monoisotopic (exact) mass is 521 g/mol. The molecular formula is C27H39NO9. The van der Waals surface area contributed by atoms with Crippen molar-refractivity contribution >= 4 is 24.4 Å². The largest absolute Gasteiger partial charge is 0.458 e. The van der Waals surface area contributed by atoms with E-state index in [9.17, 15) is 19.2 Å². The summed E-state index contributed by atoms with van der Waals surface area (Å²) in [5.41, 5.74) is -0.875. The number of rotatable bonds is 6. The lowest BCUT2D eigenvalue weighted by Crippen LogP contribution is -2.54. The van der Waals surface area contributed by atoms with E-state index in [0.29, 0.717) is 17.6 Å². The zero-order valence-electron chi connectivity index (χ0n) is 22.7. The Balaban J connectivity index is 2.39. The van der Waals surface area contributed by atoms with Crippen molar-refractivity contribution < 1.29 is 42.9 Å². The van der Waals surface area contributed by atoms with Crippen molar-refractivity contribution in [2.75, 3.05) is 19.8 Å². The summed E-state index contributed by atoms with van der Waals surface area (Å²) in [5.74, 6) is -1.18. The summed E-state index contributed by atoms with van der Waals surface area (Å²) >= 11 is 0. The van der Waals surface area contributed by atoms with Crippen LogP contribution in [0.4, 0.5) is 9.59 Å². The Kier molecular flexibility index (Phi) is 10.6. The number of carbonyl (C=O) groups excluding carboxylic acids is 4. The highest BCUT2D eigenvalue weighted by Crippen LogP contribution is 2.25. The maximum Gasteiger partial charge on any atom is 0.420 e. The van der Waals surface area contributed by atoms with Gasteiger partial charge in [-0.2, -0.15) is 4.90 Å². The molecule has 2 amide bonds. The fourth-order valence-electron chi connectivity index (χ4n) is 3.85. The first-order valence-corrected chi connectivity index (χ1v) is 12.3. The van der Waals surface area contributed by atoms with Crippen LogP contribution in [0.5, 0.6) is 0 Å². The van der Waals surface area contributed by atoms with Gasteiger partial charge in [0, 0.05) is 5.92 Å². The summed E-state index contributed by atoms with van der Waals surface area (Å²) in [7, 11) is 0. The minimum atomic E-state index is -1.46. The number of amides is 2. The lowest BCUT2D eigenvalue weighted by Gasteiger charge is -2.32. The number of ether oxygens (including phenoxy) is 5. The van der Waals surface area contributed by atoms with Gasteiger partial charge in [0.15, 0.2) is 6.04 Å². The molecule has 0 aromatic heterocycles. The number of aldehydes is 1. The molecule has 206 valence electrons. The molecule has 1 fully saturated rings. The number of cyclic esters (lactones) is 1. The van der Waals surface area contributed by atoms with E-state index in [1.165, 1.54) is 0 Å². The van der Waals surface area contributed by atoms with Gasteiger partial charge in [-0.1, -0.05) is 30.3 Å². The second kappa shape index (κ2) is 13.0. The summed E-state index contributed by atoms with van der Waals surface area (Å²) in [5, 5.41) is 0. The average molecular weight is 522 g/mol. The third-order valence-corrected chi connectivity index (χ3v) is 5.30. The van der Waals surface area contributed by atoms with Gasteiger partial charge in [-0.25, -0.2) is 14.4 Å². The van der Waals surface area contributed by atoms with Crippen LogP contribution in [0.1, 0.15) is 54.0 Å². The Hall–Kier alpha value is -2.98. The van der Waals surface area contributed by atoms with Gasteiger partial charge in [0.2, 0.25) is 0 Å². The van der Waals surface area contributed by atoms with Crippen LogP contribution in [0.25, 0.3) is 0 Å². The molecule has 10 nitrogen and oxygen atoms in total. The maximum absolute atomic E-state index is 13.3. The molecule has 1 aromatic carbocycles. The highest BCUT2D eigenvalue weighted by atomic mass is 16.6. The van der Waals surface area contributed by atoms with E-state index in [0.717, 1.165) is 5.56 Å². The van der Waals surface area contributed by atoms with Crippen LogP contribution in [-0.4, -0.2) is 78.6 Å². The van der Waals surface area contributed by atoms with Gasteiger partial charge in [-0.3, -0.25) is 0 Å². The van der Waals surface area contributed by atoms with Crippen molar-refractivity contribution in [3.63, 3.8) is 0 Å². The number of carbonyl (C=O) groups is 4. The number of hydrogen-bond acceptors (Lipinski definition) is 9. The summed E-state index contributed by atoms with van der Waals surface area (Å²) in [6, 6.07) is 8.16. The molecule has 10 heteroatoms. The lowest BCUT2D eigenvalue weighted by molar-refractivity contribution is -0.163. The number of benzene rings is 1. The Morgan fingerprint density at radius 1 is 1.00 bits per heavy atom.